The van der Waals surface area contributed by atoms with Crippen molar-refractivity contribution in [3.05, 3.63) is 29.7 Å². The highest BCUT2D eigenvalue weighted by molar-refractivity contribution is 6.01. The number of carbonyl (C=O) groups is 1. The number of nitrogens with one attached hydrogen (secondary N) is 1. The van der Waals surface area contributed by atoms with Gasteiger partial charge < -0.3 is 9.73 Å². The van der Waals surface area contributed by atoms with Crippen LogP contribution in [0.5, 0.6) is 0 Å². The molecule has 0 fully saturated rings. The van der Waals surface area contributed by atoms with Crippen LogP contribution in [0.2, 0.25) is 0 Å². The van der Waals surface area contributed by atoms with Gasteiger partial charge in [0.2, 0.25) is 0 Å². The van der Waals surface area contributed by atoms with Crippen LogP contribution >= 0.6 is 0 Å². The monoisotopic (exact) mass is 204 g/mol. The first kappa shape index (κ1) is 11.1. The Morgan fingerprint density at radius 1 is 1.67 bits per heavy atom. The van der Waals surface area contributed by atoms with Crippen LogP contribution in [-0.4, -0.2) is 11.9 Å². The van der Waals surface area contributed by atoms with Crippen LogP contribution in [0.1, 0.15) is 19.6 Å². The fourth-order valence-electron chi connectivity index (χ4n) is 1.00. The lowest BCUT2D eigenvalue weighted by atomic mass is 10.2. The fraction of sp³-hybridized carbons (Fsp3) is 0.273. The molecule has 0 aliphatic heterocycles. The van der Waals surface area contributed by atoms with Gasteiger partial charge >= 0.3 is 0 Å². The summed E-state index contributed by atoms with van der Waals surface area (Å²) in [6.07, 6.45) is 2.90. The maximum atomic E-state index is 11.5. The molecule has 0 saturated carbocycles. The number of hydrogen-bond donors (Lipinski definition) is 1. The predicted molar refractivity (Wildman–Crippen MR) is 55.6 cm³/mol. The van der Waals surface area contributed by atoms with Crippen LogP contribution in [0.3, 0.4) is 0 Å². The Morgan fingerprint density at radius 2 is 2.40 bits per heavy atom. The van der Waals surface area contributed by atoms with E-state index in [0.29, 0.717) is 5.76 Å². The van der Waals surface area contributed by atoms with Crippen LogP contribution in [-0.2, 0) is 4.79 Å². The van der Waals surface area contributed by atoms with Crippen molar-refractivity contribution in [2.24, 2.45) is 0 Å². The van der Waals surface area contributed by atoms with Crippen molar-refractivity contribution in [2.45, 2.75) is 19.9 Å². The summed E-state index contributed by atoms with van der Waals surface area (Å²) >= 11 is 0. The number of hydrogen-bond acceptors (Lipinski definition) is 3. The SMILES string of the molecule is CC(C)NC(=O)/C(C#N)=C/c1ccco1. The zero-order chi connectivity index (χ0) is 11.3. The standard InChI is InChI=1S/C11H12N2O2/c1-8(2)13-11(14)9(7-12)6-10-4-3-5-15-10/h3-6,8H,1-2H3,(H,13,14)/b9-6+. The summed E-state index contributed by atoms with van der Waals surface area (Å²) in [4.78, 5) is 11.5. The molecule has 78 valence electrons. The van der Waals surface area contributed by atoms with E-state index >= 15 is 0 Å². The molecule has 0 radical (unpaired) electrons. The third-order valence-electron chi connectivity index (χ3n) is 1.61. The summed E-state index contributed by atoms with van der Waals surface area (Å²) in [5.74, 6) is 0.106. The summed E-state index contributed by atoms with van der Waals surface area (Å²) in [5.41, 5.74) is 0.0404. The molecule has 1 aromatic heterocycles. The Morgan fingerprint density at radius 3 is 2.87 bits per heavy atom. The Kier molecular flexibility index (Phi) is 3.69. The third-order valence-corrected chi connectivity index (χ3v) is 1.61. The summed E-state index contributed by atoms with van der Waals surface area (Å²) in [6, 6.07) is 5.22. The van der Waals surface area contributed by atoms with E-state index in [9.17, 15) is 4.79 Å². The van der Waals surface area contributed by atoms with E-state index in [1.807, 2.05) is 19.9 Å². The highest BCUT2D eigenvalue weighted by atomic mass is 16.3. The number of nitriles is 1. The topological polar surface area (TPSA) is 66.0 Å². The smallest absolute Gasteiger partial charge is 0.262 e. The number of carbonyl (C=O) groups excluding carboxylic acids is 1. The van der Waals surface area contributed by atoms with Gasteiger partial charge in [-0.1, -0.05) is 0 Å². The van der Waals surface area contributed by atoms with Gasteiger partial charge in [-0.2, -0.15) is 5.26 Å². The minimum Gasteiger partial charge on any atom is -0.465 e. The Hall–Kier alpha value is -2.02. The molecule has 0 atom stereocenters. The average molecular weight is 204 g/mol. The van der Waals surface area contributed by atoms with Gasteiger partial charge in [0.25, 0.3) is 5.91 Å². The molecule has 1 N–H and O–H groups in total. The minimum absolute atomic E-state index is 0.00542. The zero-order valence-electron chi connectivity index (χ0n) is 8.65. The Labute approximate surface area is 88.2 Å². The van der Waals surface area contributed by atoms with Crippen molar-refractivity contribution in [1.29, 1.82) is 5.26 Å². The highest BCUT2D eigenvalue weighted by Crippen LogP contribution is 2.07. The third kappa shape index (κ3) is 3.31. The van der Waals surface area contributed by atoms with Gasteiger partial charge in [0.15, 0.2) is 0 Å². The highest BCUT2D eigenvalue weighted by Gasteiger charge is 2.10. The molecule has 15 heavy (non-hydrogen) atoms. The van der Waals surface area contributed by atoms with Crippen LogP contribution < -0.4 is 5.32 Å². The lowest BCUT2D eigenvalue weighted by molar-refractivity contribution is -0.117. The van der Waals surface area contributed by atoms with Gasteiger partial charge in [0.05, 0.1) is 6.26 Å². The molecular formula is C11H12N2O2. The molecule has 1 amide bonds. The van der Waals surface area contributed by atoms with E-state index in [-0.39, 0.29) is 17.5 Å². The molecule has 0 unspecified atom stereocenters. The van der Waals surface area contributed by atoms with Crippen molar-refractivity contribution in [2.75, 3.05) is 0 Å². The lowest BCUT2D eigenvalue weighted by Crippen LogP contribution is -2.30. The molecule has 4 heteroatoms. The quantitative estimate of drug-likeness (QED) is 0.602. The average Bonchev–Trinajstić information content (AvgIpc) is 2.65. The summed E-state index contributed by atoms with van der Waals surface area (Å²) < 4.78 is 5.01. The van der Waals surface area contributed by atoms with Gasteiger partial charge in [-0.25, -0.2) is 0 Å². The van der Waals surface area contributed by atoms with Gasteiger partial charge in [-0.3, -0.25) is 4.79 Å². The second kappa shape index (κ2) is 5.01. The Balaban J connectivity index is 2.81. The molecule has 0 saturated heterocycles. The van der Waals surface area contributed by atoms with Gasteiger partial charge in [0.1, 0.15) is 17.4 Å². The van der Waals surface area contributed by atoms with E-state index in [0.717, 1.165) is 0 Å². The molecule has 0 bridgehead atoms. The number of furan rings is 1. The van der Waals surface area contributed by atoms with Crippen LogP contribution in [0.4, 0.5) is 0 Å². The van der Waals surface area contributed by atoms with E-state index in [1.165, 1.54) is 12.3 Å². The van der Waals surface area contributed by atoms with Crippen molar-refractivity contribution in [3.8, 4) is 6.07 Å². The first-order valence-corrected chi connectivity index (χ1v) is 4.59. The van der Waals surface area contributed by atoms with Crippen molar-refractivity contribution in [1.82, 2.24) is 5.32 Å². The normalized spacial score (nSPS) is 11.2. The maximum Gasteiger partial charge on any atom is 0.262 e. The number of amides is 1. The van der Waals surface area contributed by atoms with E-state index in [2.05, 4.69) is 5.32 Å². The van der Waals surface area contributed by atoms with Gasteiger partial charge in [-0.15, -0.1) is 0 Å². The molecule has 0 spiro atoms. The van der Waals surface area contributed by atoms with Crippen molar-refractivity contribution in [3.63, 3.8) is 0 Å². The molecular weight excluding hydrogens is 192 g/mol. The van der Waals surface area contributed by atoms with Crippen LogP contribution in [0.25, 0.3) is 6.08 Å². The molecule has 0 aliphatic rings. The molecule has 1 heterocycles. The molecule has 1 rings (SSSR count). The van der Waals surface area contributed by atoms with Gasteiger partial charge in [-0.05, 0) is 26.0 Å². The van der Waals surface area contributed by atoms with E-state index in [4.69, 9.17) is 9.68 Å². The van der Waals surface area contributed by atoms with E-state index < -0.39 is 0 Å². The predicted octanol–water partition coefficient (Wildman–Crippen LogP) is 1.71. The molecule has 4 nitrogen and oxygen atoms in total. The van der Waals surface area contributed by atoms with Crippen LogP contribution in [0, 0.1) is 11.3 Å². The first-order valence-electron chi connectivity index (χ1n) is 4.59. The first-order chi connectivity index (χ1) is 7.13. The number of rotatable bonds is 3. The molecule has 0 aromatic carbocycles. The second-order valence-corrected chi connectivity index (χ2v) is 3.31. The minimum atomic E-state index is -0.385. The van der Waals surface area contributed by atoms with E-state index in [1.54, 1.807) is 12.1 Å². The number of nitrogens with zero attached hydrogens (tertiary/aromatic N) is 1. The second-order valence-electron chi connectivity index (χ2n) is 3.31. The molecule has 1 aromatic rings. The Bertz CT molecular complexity index is 397. The van der Waals surface area contributed by atoms with Crippen molar-refractivity contribution < 1.29 is 9.21 Å². The zero-order valence-corrected chi connectivity index (χ0v) is 8.65. The van der Waals surface area contributed by atoms with Crippen molar-refractivity contribution >= 4 is 12.0 Å². The maximum absolute atomic E-state index is 11.5. The largest absolute Gasteiger partial charge is 0.465 e. The molecule has 0 aliphatic carbocycles. The summed E-state index contributed by atoms with van der Waals surface area (Å²) in [6.45, 7) is 3.67. The lowest BCUT2D eigenvalue weighted by Gasteiger charge is -2.06. The summed E-state index contributed by atoms with van der Waals surface area (Å²) in [7, 11) is 0. The fourth-order valence-corrected chi connectivity index (χ4v) is 1.00. The summed E-state index contributed by atoms with van der Waals surface area (Å²) in [5, 5.41) is 11.4. The van der Waals surface area contributed by atoms with Crippen LogP contribution in [0.15, 0.2) is 28.4 Å². The van der Waals surface area contributed by atoms with Gasteiger partial charge in [0, 0.05) is 12.1 Å².